The highest BCUT2D eigenvalue weighted by atomic mass is 16.5. The van der Waals surface area contributed by atoms with Crippen LogP contribution in [-0.4, -0.2) is 134 Å². The quantitative estimate of drug-likeness (QED) is 0.0865. The van der Waals surface area contributed by atoms with E-state index in [-0.39, 0.29) is 74.6 Å². The zero-order chi connectivity index (χ0) is 51.2. The minimum Gasteiger partial charge on any atom is -0.372 e. The third-order valence-electron chi connectivity index (χ3n) is 13.3. The minimum absolute atomic E-state index is 0.177. The molecule has 2 fully saturated rings. The Morgan fingerprint density at radius 1 is 0.543 bits per heavy atom. The van der Waals surface area contributed by atoms with Crippen LogP contribution < -0.4 is 31.9 Å². The van der Waals surface area contributed by atoms with Gasteiger partial charge in [0.2, 0.25) is 35.4 Å². The molecule has 382 valence electrons. The molecule has 6 amide bonds. The van der Waals surface area contributed by atoms with Crippen LogP contribution in [0.2, 0.25) is 0 Å². The molecule has 3 aromatic rings. The van der Waals surface area contributed by atoms with Crippen molar-refractivity contribution < 1.29 is 38.2 Å². The summed E-state index contributed by atoms with van der Waals surface area (Å²) in [5.74, 6) is -1.85. The first-order chi connectivity index (χ1) is 33.2. The molecule has 0 aromatic heterocycles. The van der Waals surface area contributed by atoms with E-state index in [9.17, 15) is 28.8 Å². The van der Waals surface area contributed by atoms with Gasteiger partial charge in [0.15, 0.2) is 0 Å². The highest BCUT2D eigenvalue weighted by Crippen LogP contribution is 2.30. The molecule has 2 saturated heterocycles. The molecule has 70 heavy (non-hydrogen) atoms. The van der Waals surface area contributed by atoms with Gasteiger partial charge in [-0.2, -0.15) is 0 Å². The lowest BCUT2D eigenvalue weighted by atomic mass is 9.85. The second-order valence-electron chi connectivity index (χ2n) is 20.9. The summed E-state index contributed by atoms with van der Waals surface area (Å²) in [4.78, 5) is 85.6. The predicted octanol–water partition coefficient (Wildman–Crippen LogP) is 3.65. The molecular formula is C54H78N8O8. The molecule has 0 saturated carbocycles. The summed E-state index contributed by atoms with van der Waals surface area (Å²) in [6.45, 7) is 16.4. The van der Waals surface area contributed by atoms with Crippen LogP contribution in [0.4, 0.5) is 0 Å². The molecule has 16 heteroatoms. The van der Waals surface area contributed by atoms with E-state index < -0.39 is 59.3 Å². The van der Waals surface area contributed by atoms with E-state index >= 15 is 0 Å². The second kappa shape index (κ2) is 25.4. The van der Waals surface area contributed by atoms with Crippen molar-refractivity contribution in [3.63, 3.8) is 0 Å². The maximum atomic E-state index is 14.4. The number of carbonyl (C=O) groups is 6. The number of nitrogens with zero attached hydrogens (tertiary/aromatic N) is 2. The number of likely N-dealkylation sites (N-methyl/N-ethyl adjacent to an activating group) is 2. The Morgan fingerprint density at radius 3 is 1.20 bits per heavy atom. The Bertz CT molecular complexity index is 2040. The molecule has 0 aliphatic carbocycles. The Kier molecular flexibility index (Phi) is 20.1. The number of carbonyl (C=O) groups excluding carboxylic acids is 6. The molecule has 8 atom stereocenters. The van der Waals surface area contributed by atoms with Crippen molar-refractivity contribution in [3.8, 4) is 0 Å². The van der Waals surface area contributed by atoms with Crippen LogP contribution >= 0.6 is 0 Å². The number of likely N-dealkylation sites (tertiary alicyclic amines) is 2. The summed E-state index contributed by atoms with van der Waals surface area (Å²) in [7, 11) is 3.36. The molecule has 2 aliphatic rings. The Morgan fingerprint density at radius 2 is 0.886 bits per heavy atom. The highest BCUT2D eigenvalue weighted by Gasteiger charge is 2.47. The molecule has 0 bridgehead atoms. The number of ether oxygens (including phenoxy) is 2. The van der Waals surface area contributed by atoms with Gasteiger partial charge in [0, 0.05) is 39.0 Å². The normalized spacial score (nSPS) is 20.0. The van der Waals surface area contributed by atoms with Crippen molar-refractivity contribution in [3.05, 3.63) is 107 Å². The van der Waals surface area contributed by atoms with Crippen LogP contribution in [0, 0.1) is 10.8 Å². The number of amides is 6. The van der Waals surface area contributed by atoms with E-state index in [0.717, 1.165) is 22.3 Å². The SMILES string of the molecule is CN[C@@H](C)C(=O)N[C@H](C(=O)N1C[C@@H](OCc2ccc(CO[C@H]3C[C@@H](C(=O)NCCc4ccccc4)N(C(=O)[C@@H](NC(=O)[C@H](C)NC)C(C)(C)C)C3)cc2)C[C@H]1C(=O)NCCc1ccccc1)C(C)(C)C. The molecule has 16 nitrogen and oxygen atoms in total. The largest absolute Gasteiger partial charge is 0.372 e. The first-order valence-corrected chi connectivity index (χ1v) is 24.7. The van der Waals surface area contributed by atoms with Crippen LogP contribution in [0.25, 0.3) is 0 Å². The van der Waals surface area contributed by atoms with E-state index in [2.05, 4.69) is 31.9 Å². The summed E-state index contributed by atoms with van der Waals surface area (Å²) in [5.41, 5.74) is 2.64. The maximum Gasteiger partial charge on any atom is 0.246 e. The molecule has 3 aromatic carbocycles. The van der Waals surface area contributed by atoms with Gasteiger partial charge in [-0.15, -0.1) is 0 Å². The van der Waals surface area contributed by atoms with E-state index in [1.54, 1.807) is 37.7 Å². The lowest BCUT2D eigenvalue weighted by molar-refractivity contribution is -0.144. The minimum atomic E-state index is -0.884. The fourth-order valence-electron chi connectivity index (χ4n) is 8.59. The van der Waals surface area contributed by atoms with E-state index in [0.29, 0.717) is 25.9 Å². The number of hydrogen-bond acceptors (Lipinski definition) is 10. The van der Waals surface area contributed by atoms with Crippen molar-refractivity contribution in [1.29, 1.82) is 0 Å². The Labute approximate surface area is 415 Å². The van der Waals surface area contributed by atoms with Crippen molar-refractivity contribution >= 4 is 35.4 Å². The van der Waals surface area contributed by atoms with Crippen LogP contribution in [0.5, 0.6) is 0 Å². The standard InChI is InChI=1S/C54H78N8O8/c1-35(55-9)47(63)59-45(53(3,4)5)51(67)61-31-41(29-43(61)49(65)57-27-25-37-17-13-11-14-18-37)69-33-39-21-23-40(24-22-39)34-70-42-30-44(50(66)58-28-26-38-19-15-12-16-20-38)62(32-42)52(68)46(54(6,7)8)60-48(64)36(2)56-10/h11-24,35-36,41-46,55-56H,25-34H2,1-10H3,(H,57,65)(H,58,66)(H,59,63)(H,60,64)/t35-,36-,41-,42-,43-,44-,45+,46+/m0/s1. The lowest BCUT2D eigenvalue weighted by Crippen LogP contribution is -2.59. The Hall–Kier alpha value is -5.68. The highest BCUT2D eigenvalue weighted by molar-refractivity contribution is 5.95. The third-order valence-corrected chi connectivity index (χ3v) is 13.3. The molecule has 0 radical (unpaired) electrons. The zero-order valence-electron chi connectivity index (χ0n) is 42.9. The molecule has 0 spiro atoms. The maximum absolute atomic E-state index is 14.4. The first-order valence-electron chi connectivity index (χ1n) is 24.7. The van der Waals surface area contributed by atoms with Gasteiger partial charge in [-0.1, -0.05) is 126 Å². The van der Waals surface area contributed by atoms with Crippen LogP contribution in [0.15, 0.2) is 84.9 Å². The number of nitrogens with one attached hydrogen (secondary N) is 6. The van der Waals surface area contributed by atoms with E-state index in [1.807, 2.05) is 126 Å². The van der Waals surface area contributed by atoms with Gasteiger partial charge < -0.3 is 51.2 Å². The van der Waals surface area contributed by atoms with Crippen molar-refractivity contribution in [2.45, 2.75) is 143 Å². The average Bonchev–Trinajstić information content (AvgIpc) is 3.98. The van der Waals surface area contributed by atoms with Gasteiger partial charge in [0.25, 0.3) is 0 Å². The first kappa shape index (κ1) is 55.2. The molecule has 6 N–H and O–H groups in total. The summed E-state index contributed by atoms with van der Waals surface area (Å²) in [6, 6.07) is 23.1. The fraction of sp³-hybridized carbons (Fsp3) is 0.556. The van der Waals surface area contributed by atoms with Gasteiger partial charge in [-0.05, 0) is 73.9 Å². The van der Waals surface area contributed by atoms with Crippen LogP contribution in [0.1, 0.15) is 90.5 Å². The number of hydrogen-bond donors (Lipinski definition) is 6. The number of rotatable bonds is 22. The second-order valence-corrected chi connectivity index (χ2v) is 20.9. The van der Waals surface area contributed by atoms with Crippen molar-refractivity contribution in [2.75, 3.05) is 40.3 Å². The summed E-state index contributed by atoms with van der Waals surface area (Å²) >= 11 is 0. The van der Waals surface area contributed by atoms with Gasteiger partial charge in [0.1, 0.15) is 24.2 Å². The molecular weight excluding hydrogens is 889 g/mol. The fourth-order valence-corrected chi connectivity index (χ4v) is 8.59. The molecule has 2 heterocycles. The van der Waals surface area contributed by atoms with Gasteiger partial charge in [-0.25, -0.2) is 0 Å². The monoisotopic (exact) mass is 967 g/mol. The summed E-state index contributed by atoms with van der Waals surface area (Å²) < 4.78 is 12.8. The van der Waals surface area contributed by atoms with E-state index in [1.165, 1.54) is 0 Å². The average molecular weight is 967 g/mol. The smallest absolute Gasteiger partial charge is 0.246 e. The Balaban J connectivity index is 1.23. The van der Waals surface area contributed by atoms with Gasteiger partial charge in [-0.3, -0.25) is 28.8 Å². The number of benzene rings is 3. The summed E-state index contributed by atoms with van der Waals surface area (Å²) in [6.07, 6.45) is 0.962. The predicted molar refractivity (Wildman–Crippen MR) is 270 cm³/mol. The summed E-state index contributed by atoms with van der Waals surface area (Å²) in [5, 5.41) is 17.8. The molecule has 0 unspecified atom stereocenters. The molecule has 2 aliphatic heterocycles. The van der Waals surface area contributed by atoms with Gasteiger partial charge >= 0.3 is 0 Å². The zero-order valence-corrected chi connectivity index (χ0v) is 42.9. The van der Waals surface area contributed by atoms with Crippen molar-refractivity contribution in [1.82, 2.24) is 41.7 Å². The molecule has 5 rings (SSSR count). The van der Waals surface area contributed by atoms with E-state index in [4.69, 9.17) is 9.47 Å². The topological polar surface area (TPSA) is 200 Å². The van der Waals surface area contributed by atoms with Crippen LogP contribution in [-0.2, 0) is 64.3 Å². The van der Waals surface area contributed by atoms with Crippen LogP contribution in [0.3, 0.4) is 0 Å². The van der Waals surface area contributed by atoms with Gasteiger partial charge in [0.05, 0.1) is 37.5 Å². The third kappa shape index (κ3) is 15.7. The van der Waals surface area contributed by atoms with Crippen molar-refractivity contribution in [2.24, 2.45) is 10.8 Å². The lowest BCUT2D eigenvalue weighted by Gasteiger charge is -2.36.